The highest BCUT2D eigenvalue weighted by Gasteiger charge is 2.43. The highest BCUT2D eigenvalue weighted by Crippen LogP contribution is 2.46. The van der Waals surface area contributed by atoms with Crippen LogP contribution in [0.4, 0.5) is 0 Å². The van der Waals surface area contributed by atoms with Gasteiger partial charge in [0.1, 0.15) is 0 Å². The van der Waals surface area contributed by atoms with Gasteiger partial charge in [0.2, 0.25) is 0 Å². The summed E-state index contributed by atoms with van der Waals surface area (Å²) in [7, 11) is 0. The predicted molar refractivity (Wildman–Crippen MR) is 73.1 cm³/mol. The van der Waals surface area contributed by atoms with E-state index in [0.29, 0.717) is 6.04 Å². The lowest BCUT2D eigenvalue weighted by molar-refractivity contribution is -0.141. The average Bonchev–Trinajstić information content (AvgIpc) is 2.63. The van der Waals surface area contributed by atoms with Crippen LogP contribution in [-0.4, -0.2) is 27.1 Å². The Morgan fingerprint density at radius 2 is 2.16 bits per heavy atom. The SMILES string of the molecule is Cc1nn(C2CCOC3(CCC3)C2)c(C)c1C(C)O. The van der Waals surface area contributed by atoms with Crippen molar-refractivity contribution in [3.8, 4) is 0 Å². The number of aliphatic hydroxyl groups is 1. The van der Waals surface area contributed by atoms with E-state index in [4.69, 9.17) is 4.74 Å². The molecule has 0 amide bonds. The molecule has 0 radical (unpaired) electrons. The number of ether oxygens (including phenoxy) is 1. The molecule has 2 atom stereocenters. The Morgan fingerprint density at radius 1 is 1.42 bits per heavy atom. The lowest BCUT2D eigenvalue weighted by Gasteiger charge is -2.47. The molecule has 2 unspecified atom stereocenters. The Kier molecular flexibility index (Phi) is 3.18. The van der Waals surface area contributed by atoms with Gasteiger partial charge in [-0.25, -0.2) is 0 Å². The van der Waals surface area contributed by atoms with Crippen LogP contribution < -0.4 is 0 Å². The molecule has 2 aliphatic rings. The molecule has 2 fully saturated rings. The van der Waals surface area contributed by atoms with E-state index in [1.807, 2.05) is 13.8 Å². The monoisotopic (exact) mass is 264 g/mol. The number of hydrogen-bond acceptors (Lipinski definition) is 3. The van der Waals surface area contributed by atoms with Crippen LogP contribution >= 0.6 is 0 Å². The first kappa shape index (κ1) is 13.1. The summed E-state index contributed by atoms with van der Waals surface area (Å²) in [6.45, 7) is 6.72. The van der Waals surface area contributed by atoms with Gasteiger partial charge in [-0.2, -0.15) is 5.10 Å². The van der Waals surface area contributed by atoms with Crippen molar-refractivity contribution in [1.29, 1.82) is 0 Å². The minimum Gasteiger partial charge on any atom is -0.389 e. The van der Waals surface area contributed by atoms with Crippen LogP contribution in [0.3, 0.4) is 0 Å². The molecule has 0 aromatic carbocycles. The van der Waals surface area contributed by atoms with Gasteiger partial charge >= 0.3 is 0 Å². The summed E-state index contributed by atoms with van der Waals surface area (Å²) in [5.74, 6) is 0. The van der Waals surface area contributed by atoms with Crippen molar-refractivity contribution >= 4 is 0 Å². The van der Waals surface area contributed by atoms with Crippen molar-refractivity contribution in [2.24, 2.45) is 0 Å². The molecule has 106 valence electrons. The van der Waals surface area contributed by atoms with Crippen molar-refractivity contribution in [2.75, 3.05) is 6.61 Å². The maximum absolute atomic E-state index is 9.88. The van der Waals surface area contributed by atoms with Crippen molar-refractivity contribution in [2.45, 2.75) is 70.6 Å². The molecule has 1 aliphatic heterocycles. The summed E-state index contributed by atoms with van der Waals surface area (Å²) in [4.78, 5) is 0. The molecule has 1 saturated carbocycles. The minimum absolute atomic E-state index is 0.139. The number of aliphatic hydroxyl groups excluding tert-OH is 1. The summed E-state index contributed by atoms with van der Waals surface area (Å²) in [5.41, 5.74) is 3.21. The number of aromatic nitrogens is 2. The molecular weight excluding hydrogens is 240 g/mol. The maximum Gasteiger partial charge on any atom is 0.0797 e. The Morgan fingerprint density at radius 3 is 2.68 bits per heavy atom. The first-order valence-electron chi connectivity index (χ1n) is 7.40. The topological polar surface area (TPSA) is 47.3 Å². The van der Waals surface area contributed by atoms with Crippen LogP contribution in [0, 0.1) is 13.8 Å². The highest BCUT2D eigenvalue weighted by atomic mass is 16.5. The standard InChI is InChI=1S/C15H24N2O2/c1-10-14(12(3)18)11(2)17(16-10)13-5-8-19-15(9-13)6-4-7-15/h12-13,18H,4-9H2,1-3H3. The second kappa shape index (κ2) is 4.60. The fraction of sp³-hybridized carbons (Fsp3) is 0.800. The van der Waals surface area contributed by atoms with E-state index in [9.17, 15) is 5.11 Å². The fourth-order valence-corrected chi connectivity index (χ4v) is 3.77. The molecule has 1 spiro atoms. The molecule has 0 bridgehead atoms. The Balaban J connectivity index is 1.87. The highest BCUT2D eigenvalue weighted by molar-refractivity contribution is 5.27. The van der Waals surface area contributed by atoms with Crippen LogP contribution in [-0.2, 0) is 4.74 Å². The van der Waals surface area contributed by atoms with Gasteiger partial charge in [-0.1, -0.05) is 0 Å². The molecule has 1 saturated heterocycles. The first-order chi connectivity index (χ1) is 9.02. The van der Waals surface area contributed by atoms with E-state index in [0.717, 1.165) is 36.4 Å². The fourth-order valence-electron chi connectivity index (χ4n) is 3.77. The Bertz CT molecular complexity index is 475. The van der Waals surface area contributed by atoms with Crippen LogP contribution in [0.5, 0.6) is 0 Å². The normalized spacial score (nSPS) is 27.3. The molecule has 2 heterocycles. The van der Waals surface area contributed by atoms with E-state index in [2.05, 4.69) is 16.7 Å². The van der Waals surface area contributed by atoms with Gasteiger partial charge in [0.05, 0.1) is 23.4 Å². The van der Waals surface area contributed by atoms with Crippen molar-refractivity contribution < 1.29 is 9.84 Å². The molecule has 19 heavy (non-hydrogen) atoms. The van der Waals surface area contributed by atoms with Gasteiger partial charge in [0, 0.05) is 17.9 Å². The van der Waals surface area contributed by atoms with E-state index >= 15 is 0 Å². The lowest BCUT2D eigenvalue weighted by atomic mass is 9.74. The van der Waals surface area contributed by atoms with Crippen molar-refractivity contribution in [1.82, 2.24) is 9.78 Å². The molecule has 4 nitrogen and oxygen atoms in total. The van der Waals surface area contributed by atoms with Gasteiger partial charge < -0.3 is 9.84 Å². The summed E-state index contributed by atoms with van der Waals surface area (Å²) >= 11 is 0. The zero-order valence-corrected chi connectivity index (χ0v) is 12.1. The van der Waals surface area contributed by atoms with Gasteiger partial charge in [-0.05, 0) is 52.9 Å². The molecule has 1 aromatic rings. The number of hydrogen-bond donors (Lipinski definition) is 1. The van der Waals surface area contributed by atoms with E-state index < -0.39 is 6.10 Å². The van der Waals surface area contributed by atoms with E-state index in [1.54, 1.807) is 0 Å². The average molecular weight is 264 g/mol. The quantitative estimate of drug-likeness (QED) is 0.893. The maximum atomic E-state index is 9.88. The van der Waals surface area contributed by atoms with E-state index in [-0.39, 0.29) is 5.60 Å². The molecule has 1 N–H and O–H groups in total. The third kappa shape index (κ3) is 2.11. The van der Waals surface area contributed by atoms with Gasteiger partial charge in [0.25, 0.3) is 0 Å². The lowest BCUT2D eigenvalue weighted by Crippen LogP contribution is -2.46. The third-order valence-corrected chi connectivity index (χ3v) is 4.88. The Hall–Kier alpha value is -0.870. The van der Waals surface area contributed by atoms with Crippen LogP contribution in [0.2, 0.25) is 0 Å². The first-order valence-corrected chi connectivity index (χ1v) is 7.40. The Labute approximate surface area is 114 Å². The molecular formula is C15H24N2O2. The molecule has 1 aliphatic carbocycles. The van der Waals surface area contributed by atoms with Crippen LogP contribution in [0.1, 0.15) is 68.1 Å². The van der Waals surface area contributed by atoms with Crippen LogP contribution in [0.25, 0.3) is 0 Å². The second-order valence-corrected chi connectivity index (χ2v) is 6.24. The summed E-state index contributed by atoms with van der Waals surface area (Å²) < 4.78 is 8.13. The molecule has 3 rings (SSSR count). The van der Waals surface area contributed by atoms with Crippen molar-refractivity contribution in [3.05, 3.63) is 17.0 Å². The summed E-state index contributed by atoms with van der Waals surface area (Å²) in [6, 6.07) is 0.431. The molecule has 1 aromatic heterocycles. The smallest absolute Gasteiger partial charge is 0.0797 e. The predicted octanol–water partition coefficient (Wildman–Crippen LogP) is 2.83. The zero-order valence-electron chi connectivity index (χ0n) is 12.1. The van der Waals surface area contributed by atoms with Gasteiger partial charge in [0.15, 0.2) is 0 Å². The van der Waals surface area contributed by atoms with Gasteiger partial charge in [-0.3, -0.25) is 4.68 Å². The second-order valence-electron chi connectivity index (χ2n) is 6.24. The zero-order chi connectivity index (χ0) is 13.6. The third-order valence-electron chi connectivity index (χ3n) is 4.88. The number of rotatable bonds is 2. The van der Waals surface area contributed by atoms with Crippen molar-refractivity contribution in [3.63, 3.8) is 0 Å². The van der Waals surface area contributed by atoms with E-state index in [1.165, 1.54) is 19.3 Å². The molecule has 4 heteroatoms. The van der Waals surface area contributed by atoms with Gasteiger partial charge in [-0.15, -0.1) is 0 Å². The largest absolute Gasteiger partial charge is 0.389 e. The number of nitrogens with zero attached hydrogens (tertiary/aromatic N) is 2. The summed E-state index contributed by atoms with van der Waals surface area (Å²) in [5, 5.41) is 14.6. The summed E-state index contributed by atoms with van der Waals surface area (Å²) in [6.07, 6.45) is 5.36. The van der Waals surface area contributed by atoms with Crippen LogP contribution in [0.15, 0.2) is 0 Å². The number of aryl methyl sites for hydroxylation is 1. The minimum atomic E-state index is -0.439.